The van der Waals surface area contributed by atoms with Crippen molar-refractivity contribution in [3.05, 3.63) is 29.5 Å². The number of nitrogens with zero attached hydrogens (tertiary/aromatic N) is 1. The summed E-state index contributed by atoms with van der Waals surface area (Å²) in [5.41, 5.74) is 2.77. The van der Waals surface area contributed by atoms with Crippen molar-refractivity contribution in [2.75, 3.05) is 18.8 Å². The van der Waals surface area contributed by atoms with Gasteiger partial charge in [0, 0.05) is 43.0 Å². The van der Waals surface area contributed by atoms with Crippen molar-refractivity contribution in [1.29, 1.82) is 0 Å². The molecule has 4 N–H and O–H groups in total. The van der Waals surface area contributed by atoms with Crippen LogP contribution in [-0.4, -0.2) is 42.6 Å². The molecule has 2 aromatic rings. The third-order valence-corrected chi connectivity index (χ3v) is 4.66. The lowest BCUT2D eigenvalue weighted by atomic mass is 10.0. The molecule has 31 heavy (non-hydrogen) atoms. The molecule has 0 unspecified atom stereocenters. The number of alkyl halides is 7. The highest BCUT2D eigenvalue weighted by atomic mass is 19.4. The van der Waals surface area contributed by atoms with Crippen molar-refractivity contribution in [3.63, 3.8) is 0 Å². The molecule has 0 aliphatic carbocycles. The van der Waals surface area contributed by atoms with Gasteiger partial charge in [-0.05, 0) is 18.2 Å². The van der Waals surface area contributed by atoms with E-state index >= 15 is 0 Å². The Morgan fingerprint density at radius 1 is 1.32 bits per heavy atom. The minimum atomic E-state index is -5.01. The molecule has 1 aliphatic rings. The Labute approximate surface area is 170 Å². The molecule has 1 atom stereocenters. The van der Waals surface area contributed by atoms with Crippen LogP contribution >= 0.6 is 0 Å². The van der Waals surface area contributed by atoms with Gasteiger partial charge < -0.3 is 21.1 Å². The zero-order valence-electron chi connectivity index (χ0n) is 15.7. The van der Waals surface area contributed by atoms with E-state index in [1.54, 1.807) is 0 Å². The summed E-state index contributed by atoms with van der Waals surface area (Å²) in [6.45, 7) is -3.52. The van der Waals surface area contributed by atoms with Crippen LogP contribution in [0.1, 0.15) is 28.9 Å². The SMILES string of the molecule is Nc1cc(C(=O)NC[C@@H]2CC(F)(F)CCN2)nc2c(C(F)(F)F)cc(OC(F)F)cc12. The zero-order valence-corrected chi connectivity index (χ0v) is 15.7. The Bertz CT molecular complexity index is 982. The summed E-state index contributed by atoms with van der Waals surface area (Å²) >= 11 is 0. The fraction of sp³-hybridized carbons (Fsp3) is 0.444. The van der Waals surface area contributed by atoms with Crippen molar-refractivity contribution >= 4 is 22.5 Å². The summed E-state index contributed by atoms with van der Waals surface area (Å²) in [5.74, 6) is -4.58. The van der Waals surface area contributed by atoms with Gasteiger partial charge in [-0.1, -0.05) is 0 Å². The highest BCUT2D eigenvalue weighted by Crippen LogP contribution is 2.39. The number of carbonyl (C=O) groups is 1. The van der Waals surface area contributed by atoms with Crippen LogP contribution in [0.3, 0.4) is 0 Å². The van der Waals surface area contributed by atoms with Crippen LogP contribution in [0.15, 0.2) is 18.2 Å². The first-order valence-electron chi connectivity index (χ1n) is 9.01. The van der Waals surface area contributed by atoms with Crippen molar-refractivity contribution in [2.24, 2.45) is 0 Å². The largest absolute Gasteiger partial charge is 0.435 e. The maximum Gasteiger partial charge on any atom is 0.418 e. The van der Waals surface area contributed by atoms with Gasteiger partial charge in [-0.2, -0.15) is 22.0 Å². The smallest absolute Gasteiger partial charge is 0.418 e. The van der Waals surface area contributed by atoms with Gasteiger partial charge in [0.15, 0.2) is 0 Å². The van der Waals surface area contributed by atoms with E-state index in [0.717, 1.165) is 12.1 Å². The topological polar surface area (TPSA) is 89.3 Å². The lowest BCUT2D eigenvalue weighted by Gasteiger charge is -2.30. The number of pyridine rings is 1. The predicted octanol–water partition coefficient (Wildman–Crippen LogP) is 3.55. The molecule has 3 rings (SSSR count). The number of carbonyl (C=O) groups excluding carboxylic acids is 1. The molecule has 0 radical (unpaired) electrons. The zero-order chi connectivity index (χ0) is 23.0. The molecular formula is C18H17F7N4O2. The first-order valence-corrected chi connectivity index (χ1v) is 9.01. The van der Waals surface area contributed by atoms with E-state index in [-0.39, 0.29) is 30.6 Å². The summed E-state index contributed by atoms with van der Waals surface area (Å²) in [6, 6.07) is 1.42. The molecule has 170 valence electrons. The van der Waals surface area contributed by atoms with Gasteiger partial charge >= 0.3 is 12.8 Å². The third kappa shape index (κ3) is 5.46. The standard InChI is InChI=1S/C18H17F7N4O2/c19-16(20)31-9-3-10-12(26)5-13(29-14(10)11(4-9)18(23,24)25)15(30)28-7-8-6-17(21,22)1-2-27-8/h3-5,8,16,27H,1-2,6-7H2,(H2,26,29)(H,28,30)/t8-/m0/s1. The van der Waals surface area contributed by atoms with Gasteiger partial charge in [0.25, 0.3) is 11.8 Å². The molecule has 1 amide bonds. The Hall–Kier alpha value is -2.83. The molecule has 1 fully saturated rings. The first-order chi connectivity index (χ1) is 14.4. The number of aromatic nitrogens is 1. The van der Waals surface area contributed by atoms with Gasteiger partial charge in [0.1, 0.15) is 11.4 Å². The van der Waals surface area contributed by atoms with E-state index < -0.39 is 59.6 Å². The number of nitrogens with one attached hydrogen (secondary N) is 2. The summed E-state index contributed by atoms with van der Waals surface area (Å²) < 4.78 is 96.2. The monoisotopic (exact) mass is 454 g/mol. The van der Waals surface area contributed by atoms with Crippen LogP contribution in [0.2, 0.25) is 0 Å². The second-order valence-electron chi connectivity index (χ2n) is 7.01. The van der Waals surface area contributed by atoms with Crippen molar-refractivity contribution in [3.8, 4) is 5.75 Å². The molecule has 0 saturated carbocycles. The number of nitrogens with two attached hydrogens (primary N) is 1. The molecule has 1 aliphatic heterocycles. The quantitative estimate of drug-likeness (QED) is 0.602. The van der Waals surface area contributed by atoms with E-state index in [1.165, 1.54) is 0 Å². The number of hydrogen-bond acceptors (Lipinski definition) is 5. The van der Waals surface area contributed by atoms with Gasteiger partial charge in [-0.25, -0.2) is 13.8 Å². The number of benzene rings is 1. The molecular weight excluding hydrogens is 437 g/mol. The number of piperidine rings is 1. The fourth-order valence-electron chi connectivity index (χ4n) is 3.27. The highest BCUT2D eigenvalue weighted by Gasteiger charge is 2.37. The van der Waals surface area contributed by atoms with Crippen LogP contribution in [0, 0.1) is 0 Å². The number of halogens is 7. The first kappa shape index (κ1) is 22.8. The number of amides is 1. The minimum absolute atomic E-state index is 0.0483. The van der Waals surface area contributed by atoms with Gasteiger partial charge in [0.2, 0.25) is 0 Å². The number of nitrogen functional groups attached to an aromatic ring is 1. The van der Waals surface area contributed by atoms with Crippen LogP contribution in [0.25, 0.3) is 10.9 Å². The minimum Gasteiger partial charge on any atom is -0.435 e. The van der Waals surface area contributed by atoms with E-state index in [4.69, 9.17) is 5.73 Å². The lowest BCUT2D eigenvalue weighted by Crippen LogP contribution is -2.49. The van der Waals surface area contributed by atoms with Crippen molar-refractivity contribution < 1.29 is 40.3 Å². The van der Waals surface area contributed by atoms with Crippen LogP contribution in [0.5, 0.6) is 5.75 Å². The van der Waals surface area contributed by atoms with Crippen LogP contribution in [-0.2, 0) is 6.18 Å². The maximum atomic E-state index is 13.5. The van der Waals surface area contributed by atoms with Crippen LogP contribution in [0.4, 0.5) is 36.4 Å². The number of fused-ring (bicyclic) bond motifs is 1. The predicted molar refractivity (Wildman–Crippen MR) is 96.1 cm³/mol. The second-order valence-corrected chi connectivity index (χ2v) is 7.01. The number of ether oxygens (including phenoxy) is 1. The molecule has 2 heterocycles. The summed E-state index contributed by atoms with van der Waals surface area (Å²) in [5, 5.41) is 4.81. The van der Waals surface area contributed by atoms with Crippen molar-refractivity contribution in [2.45, 2.75) is 37.6 Å². The maximum absolute atomic E-state index is 13.5. The van der Waals surface area contributed by atoms with Crippen molar-refractivity contribution in [1.82, 2.24) is 15.6 Å². The van der Waals surface area contributed by atoms with E-state index in [2.05, 4.69) is 20.4 Å². The summed E-state index contributed by atoms with van der Waals surface area (Å²) in [6.07, 6.45) is -5.85. The Morgan fingerprint density at radius 3 is 2.65 bits per heavy atom. The normalized spacial score (nSPS) is 18.9. The molecule has 0 spiro atoms. The lowest BCUT2D eigenvalue weighted by molar-refractivity contribution is -0.136. The third-order valence-electron chi connectivity index (χ3n) is 4.66. The molecule has 1 saturated heterocycles. The Morgan fingerprint density at radius 2 is 2.03 bits per heavy atom. The average molecular weight is 454 g/mol. The summed E-state index contributed by atoms with van der Waals surface area (Å²) in [4.78, 5) is 16.1. The van der Waals surface area contributed by atoms with Gasteiger partial charge in [-0.15, -0.1) is 0 Å². The molecule has 1 aromatic carbocycles. The molecule has 0 bridgehead atoms. The highest BCUT2D eigenvalue weighted by molar-refractivity contribution is 6.00. The van der Waals surface area contributed by atoms with Crippen LogP contribution < -0.4 is 21.1 Å². The number of hydrogen-bond donors (Lipinski definition) is 3. The second kappa shape index (κ2) is 8.36. The average Bonchev–Trinajstić information content (AvgIpc) is 2.64. The van der Waals surface area contributed by atoms with Gasteiger partial charge in [0.05, 0.1) is 11.1 Å². The number of rotatable bonds is 5. The number of anilines is 1. The van der Waals surface area contributed by atoms with E-state index in [1.807, 2.05) is 0 Å². The molecule has 1 aromatic heterocycles. The fourth-order valence-corrected chi connectivity index (χ4v) is 3.27. The van der Waals surface area contributed by atoms with E-state index in [9.17, 15) is 35.5 Å². The Kier molecular flexibility index (Phi) is 6.16. The Balaban J connectivity index is 1.90. The molecule has 6 nitrogen and oxygen atoms in total. The van der Waals surface area contributed by atoms with Gasteiger partial charge in [-0.3, -0.25) is 4.79 Å². The summed E-state index contributed by atoms with van der Waals surface area (Å²) in [7, 11) is 0. The van der Waals surface area contributed by atoms with E-state index in [0.29, 0.717) is 6.07 Å². The molecule has 13 heteroatoms.